The molecule has 27 heavy (non-hydrogen) atoms. The quantitative estimate of drug-likeness (QED) is 0.251. The summed E-state index contributed by atoms with van der Waals surface area (Å²) in [5.74, 6) is 0.619. The molecule has 0 unspecified atom stereocenters. The molecule has 0 saturated carbocycles. The lowest BCUT2D eigenvalue weighted by Gasteiger charge is -2.08. The highest BCUT2D eigenvalue weighted by atomic mass is 16.6. The normalized spacial score (nSPS) is 10.7. The van der Waals surface area contributed by atoms with Crippen LogP contribution in [0, 0.1) is 0 Å². The maximum absolute atomic E-state index is 11.4. The van der Waals surface area contributed by atoms with Crippen LogP contribution in [0.15, 0.2) is 24.3 Å². The van der Waals surface area contributed by atoms with Crippen molar-refractivity contribution in [2.24, 2.45) is 0 Å². The first kappa shape index (κ1) is 23.2. The molecule has 0 spiro atoms. The fourth-order valence-electron chi connectivity index (χ4n) is 2.13. The molecular weight excluding hydrogens is 350 g/mol. The molecule has 0 aliphatic heterocycles. The fraction of sp³-hybridized carbons (Fsp3) is 0.650. The second kappa shape index (κ2) is 16.4. The number of anilines is 1. The second-order valence-electron chi connectivity index (χ2n) is 5.93. The predicted octanol–water partition coefficient (Wildman–Crippen LogP) is 2.82. The van der Waals surface area contributed by atoms with Crippen LogP contribution in [0.2, 0.25) is 0 Å². The lowest BCUT2D eigenvalue weighted by Crippen LogP contribution is -2.14. The summed E-state index contributed by atoms with van der Waals surface area (Å²) in [6, 6.07) is 7.24. The fourth-order valence-corrected chi connectivity index (χ4v) is 2.13. The van der Waals surface area contributed by atoms with Gasteiger partial charge < -0.3 is 29.4 Å². The average molecular weight is 383 g/mol. The minimum absolute atomic E-state index is 0.152. The van der Waals surface area contributed by atoms with Crippen LogP contribution in [0.4, 0.5) is 5.69 Å². The third-order valence-electron chi connectivity index (χ3n) is 3.60. The lowest BCUT2D eigenvalue weighted by molar-refractivity contribution is -0.145. The molecular formula is C20H33NO6. The summed E-state index contributed by atoms with van der Waals surface area (Å²) >= 11 is 0. The van der Waals surface area contributed by atoms with Crippen LogP contribution >= 0.6 is 0 Å². The van der Waals surface area contributed by atoms with Crippen molar-refractivity contribution < 1.29 is 28.5 Å². The van der Waals surface area contributed by atoms with E-state index in [4.69, 9.17) is 29.4 Å². The molecule has 0 atom stereocenters. The molecule has 154 valence electrons. The molecule has 0 saturated heterocycles. The molecule has 0 heterocycles. The molecule has 1 rings (SSSR count). The highest BCUT2D eigenvalue weighted by Gasteiger charge is 2.01. The van der Waals surface area contributed by atoms with E-state index in [1.807, 2.05) is 12.1 Å². The lowest BCUT2D eigenvalue weighted by atomic mass is 10.2. The summed E-state index contributed by atoms with van der Waals surface area (Å²) < 4.78 is 26.7. The van der Waals surface area contributed by atoms with Gasteiger partial charge in [-0.2, -0.15) is 0 Å². The summed E-state index contributed by atoms with van der Waals surface area (Å²) in [4.78, 5) is 11.4. The van der Waals surface area contributed by atoms with Gasteiger partial charge in [-0.25, -0.2) is 0 Å². The molecule has 0 aliphatic rings. The Kier molecular flexibility index (Phi) is 14.1. The topological polar surface area (TPSA) is 89.2 Å². The minimum atomic E-state index is -0.152. The van der Waals surface area contributed by atoms with Gasteiger partial charge in [0.25, 0.3) is 0 Å². The number of carbonyl (C=O) groups excluding carboxylic acids is 1. The van der Waals surface area contributed by atoms with Gasteiger partial charge in [0.05, 0.1) is 39.6 Å². The van der Waals surface area contributed by atoms with Gasteiger partial charge in [0.2, 0.25) is 0 Å². The number of ether oxygens (including phenoxy) is 5. The van der Waals surface area contributed by atoms with Gasteiger partial charge in [0.15, 0.2) is 0 Å². The SMILES string of the molecule is CCCCCC(=O)OCCOCCOCCOCCOc1ccc(N)cc1. The molecule has 7 heteroatoms. The number of unbranched alkanes of at least 4 members (excludes halogenated alkanes) is 2. The van der Waals surface area contributed by atoms with Gasteiger partial charge in [0.1, 0.15) is 19.0 Å². The first-order valence-corrected chi connectivity index (χ1v) is 9.59. The molecule has 0 bridgehead atoms. The van der Waals surface area contributed by atoms with Crippen molar-refractivity contribution >= 4 is 11.7 Å². The molecule has 0 radical (unpaired) electrons. The Bertz CT molecular complexity index is 480. The van der Waals surface area contributed by atoms with Crippen LogP contribution in [-0.4, -0.2) is 58.8 Å². The van der Waals surface area contributed by atoms with Crippen LogP contribution in [0.3, 0.4) is 0 Å². The molecule has 0 aliphatic carbocycles. The summed E-state index contributed by atoms with van der Waals surface area (Å²) in [7, 11) is 0. The zero-order valence-electron chi connectivity index (χ0n) is 16.3. The van der Waals surface area contributed by atoms with E-state index < -0.39 is 0 Å². The van der Waals surface area contributed by atoms with E-state index in [1.54, 1.807) is 12.1 Å². The van der Waals surface area contributed by atoms with Gasteiger partial charge >= 0.3 is 5.97 Å². The number of nitrogens with two attached hydrogens (primary N) is 1. The third kappa shape index (κ3) is 14.0. The zero-order valence-corrected chi connectivity index (χ0v) is 16.3. The van der Waals surface area contributed by atoms with E-state index in [9.17, 15) is 4.79 Å². The van der Waals surface area contributed by atoms with Crippen molar-refractivity contribution in [1.29, 1.82) is 0 Å². The number of rotatable bonds is 17. The minimum Gasteiger partial charge on any atom is -0.491 e. The van der Waals surface area contributed by atoms with Crippen molar-refractivity contribution in [3.63, 3.8) is 0 Å². The van der Waals surface area contributed by atoms with E-state index in [0.29, 0.717) is 65.0 Å². The summed E-state index contributed by atoms with van der Waals surface area (Å²) in [6.45, 7) is 5.70. The average Bonchev–Trinajstić information content (AvgIpc) is 2.67. The van der Waals surface area contributed by atoms with Gasteiger partial charge in [-0.3, -0.25) is 4.79 Å². The Morgan fingerprint density at radius 2 is 1.37 bits per heavy atom. The number of esters is 1. The van der Waals surface area contributed by atoms with Crippen LogP contribution in [0.25, 0.3) is 0 Å². The van der Waals surface area contributed by atoms with Gasteiger partial charge in [-0.05, 0) is 30.7 Å². The summed E-state index contributed by atoms with van der Waals surface area (Å²) in [6.07, 6.45) is 3.53. The van der Waals surface area contributed by atoms with Crippen molar-refractivity contribution in [2.75, 3.05) is 58.6 Å². The van der Waals surface area contributed by atoms with Crippen molar-refractivity contribution in [3.05, 3.63) is 24.3 Å². The van der Waals surface area contributed by atoms with Crippen LogP contribution in [-0.2, 0) is 23.7 Å². The number of benzene rings is 1. The zero-order chi connectivity index (χ0) is 19.6. The van der Waals surface area contributed by atoms with E-state index in [-0.39, 0.29) is 5.97 Å². The summed E-state index contributed by atoms with van der Waals surface area (Å²) in [5.41, 5.74) is 6.32. The third-order valence-corrected chi connectivity index (χ3v) is 3.60. The monoisotopic (exact) mass is 383 g/mol. The van der Waals surface area contributed by atoms with Crippen molar-refractivity contribution in [1.82, 2.24) is 0 Å². The highest BCUT2D eigenvalue weighted by Crippen LogP contribution is 2.12. The van der Waals surface area contributed by atoms with Gasteiger partial charge in [0, 0.05) is 12.1 Å². The largest absolute Gasteiger partial charge is 0.491 e. The van der Waals surface area contributed by atoms with E-state index >= 15 is 0 Å². The molecule has 1 aromatic carbocycles. The van der Waals surface area contributed by atoms with Crippen LogP contribution in [0.5, 0.6) is 5.75 Å². The maximum Gasteiger partial charge on any atom is 0.305 e. The summed E-state index contributed by atoms with van der Waals surface area (Å²) in [5, 5.41) is 0. The smallest absolute Gasteiger partial charge is 0.305 e. The molecule has 0 amide bonds. The van der Waals surface area contributed by atoms with Gasteiger partial charge in [-0.15, -0.1) is 0 Å². The van der Waals surface area contributed by atoms with E-state index in [0.717, 1.165) is 25.0 Å². The molecule has 2 N–H and O–H groups in total. The maximum atomic E-state index is 11.4. The van der Waals surface area contributed by atoms with Gasteiger partial charge in [-0.1, -0.05) is 19.8 Å². The first-order valence-electron chi connectivity index (χ1n) is 9.59. The number of nitrogen functional groups attached to an aromatic ring is 1. The highest BCUT2D eigenvalue weighted by molar-refractivity contribution is 5.69. The van der Waals surface area contributed by atoms with Crippen molar-refractivity contribution in [3.8, 4) is 5.75 Å². The molecule has 0 fully saturated rings. The number of hydrogen-bond donors (Lipinski definition) is 1. The first-order chi connectivity index (χ1) is 13.2. The Morgan fingerprint density at radius 1 is 0.815 bits per heavy atom. The Labute approximate surface area is 162 Å². The Hall–Kier alpha value is -1.83. The van der Waals surface area contributed by atoms with Crippen molar-refractivity contribution in [2.45, 2.75) is 32.6 Å². The van der Waals surface area contributed by atoms with Crippen LogP contribution in [0.1, 0.15) is 32.6 Å². The Morgan fingerprint density at radius 3 is 1.96 bits per heavy atom. The predicted molar refractivity (Wildman–Crippen MR) is 104 cm³/mol. The van der Waals surface area contributed by atoms with E-state index in [1.165, 1.54) is 0 Å². The molecule has 7 nitrogen and oxygen atoms in total. The Balaban J connectivity index is 1.77. The second-order valence-corrected chi connectivity index (χ2v) is 5.93. The van der Waals surface area contributed by atoms with E-state index in [2.05, 4.69) is 6.92 Å². The number of carbonyl (C=O) groups is 1. The number of hydrogen-bond acceptors (Lipinski definition) is 7. The molecule has 1 aromatic rings. The van der Waals surface area contributed by atoms with Crippen LogP contribution < -0.4 is 10.5 Å². The molecule has 0 aromatic heterocycles. The standard InChI is InChI=1S/C20H33NO6/c1-2-3-4-5-20(22)27-17-15-25-13-11-23-10-12-24-14-16-26-19-8-6-18(21)7-9-19/h6-9H,2-5,10-17,21H2,1H3.